The summed E-state index contributed by atoms with van der Waals surface area (Å²) in [6.45, 7) is 10.2. The summed E-state index contributed by atoms with van der Waals surface area (Å²) in [6.07, 6.45) is 2.63. The van der Waals surface area contributed by atoms with Crippen molar-refractivity contribution in [2.75, 3.05) is 13.4 Å². The lowest BCUT2D eigenvalue weighted by Gasteiger charge is -2.29. The second-order valence-corrected chi connectivity index (χ2v) is 6.61. The lowest BCUT2D eigenvalue weighted by atomic mass is 9.86. The number of Topliss-reactive ketones (excluding diaryl/α,β-unsaturated/α-hetero) is 1. The number of carbonyl (C=O) groups is 1. The molecule has 0 aromatic rings. The summed E-state index contributed by atoms with van der Waals surface area (Å²) in [7, 11) is 1.70. The summed E-state index contributed by atoms with van der Waals surface area (Å²) in [5.41, 5.74) is -0.267. The third-order valence-electron chi connectivity index (χ3n) is 2.82. The van der Waals surface area contributed by atoms with Crippen molar-refractivity contribution in [2.24, 2.45) is 11.3 Å². The van der Waals surface area contributed by atoms with Gasteiger partial charge < -0.3 is 4.74 Å². The highest BCUT2D eigenvalue weighted by atomic mass is 32.2. The fourth-order valence-electron chi connectivity index (χ4n) is 1.68. The number of hydrogen-bond acceptors (Lipinski definition) is 3. The Morgan fingerprint density at radius 3 is 2.06 bits per heavy atom. The molecule has 0 N–H and O–H groups in total. The summed E-state index contributed by atoms with van der Waals surface area (Å²) in [6, 6.07) is 0. The summed E-state index contributed by atoms with van der Waals surface area (Å²) in [5, 5.41) is 0.385. The number of ketones is 1. The van der Waals surface area contributed by atoms with Gasteiger partial charge in [0.05, 0.1) is 6.10 Å². The van der Waals surface area contributed by atoms with Gasteiger partial charge in [-0.1, -0.05) is 34.6 Å². The van der Waals surface area contributed by atoms with E-state index in [0.29, 0.717) is 17.6 Å². The van der Waals surface area contributed by atoms with E-state index in [-0.39, 0.29) is 17.3 Å². The van der Waals surface area contributed by atoms with E-state index >= 15 is 0 Å². The molecule has 0 bridgehead atoms. The molecule has 3 heteroatoms. The molecule has 0 aliphatic rings. The van der Waals surface area contributed by atoms with E-state index in [1.807, 2.05) is 20.8 Å². The van der Waals surface area contributed by atoms with Crippen LogP contribution in [-0.4, -0.2) is 30.5 Å². The van der Waals surface area contributed by atoms with Gasteiger partial charge in [0.1, 0.15) is 5.78 Å². The molecule has 0 aliphatic heterocycles. The lowest BCUT2D eigenvalue weighted by molar-refractivity contribution is -0.128. The molecule has 0 aliphatic carbocycles. The molecule has 0 radical (unpaired) electrons. The van der Waals surface area contributed by atoms with Crippen LogP contribution in [0.1, 0.15) is 41.0 Å². The van der Waals surface area contributed by atoms with Gasteiger partial charge in [0.15, 0.2) is 0 Å². The van der Waals surface area contributed by atoms with Gasteiger partial charge in [0.2, 0.25) is 0 Å². The minimum atomic E-state index is -0.267. The Labute approximate surface area is 105 Å². The number of hydrogen-bond donors (Lipinski definition) is 0. The molecule has 0 heterocycles. The quantitative estimate of drug-likeness (QED) is 0.718. The molecular weight excluding hydrogens is 220 g/mol. The summed E-state index contributed by atoms with van der Waals surface area (Å²) < 4.78 is 5.49. The number of ether oxygens (including phenoxy) is 1. The maximum Gasteiger partial charge on any atom is 0.140 e. The van der Waals surface area contributed by atoms with Gasteiger partial charge in [-0.3, -0.25) is 4.79 Å². The van der Waals surface area contributed by atoms with Crippen LogP contribution >= 0.6 is 11.8 Å². The van der Waals surface area contributed by atoms with Crippen molar-refractivity contribution in [1.82, 2.24) is 0 Å². The number of rotatable bonds is 6. The molecule has 0 aromatic carbocycles. The molecular formula is C13H26O2S. The van der Waals surface area contributed by atoms with Crippen LogP contribution in [-0.2, 0) is 9.53 Å². The van der Waals surface area contributed by atoms with E-state index in [1.165, 1.54) is 0 Å². The normalized spacial score (nSPS) is 16.2. The Morgan fingerprint density at radius 1 is 1.31 bits per heavy atom. The second kappa shape index (κ2) is 6.65. The van der Waals surface area contributed by atoms with Gasteiger partial charge in [-0.15, -0.1) is 0 Å². The minimum absolute atomic E-state index is 0.0294. The van der Waals surface area contributed by atoms with Crippen molar-refractivity contribution in [3.05, 3.63) is 0 Å². The monoisotopic (exact) mass is 246 g/mol. The van der Waals surface area contributed by atoms with E-state index in [1.54, 1.807) is 18.9 Å². The van der Waals surface area contributed by atoms with Crippen LogP contribution in [0.25, 0.3) is 0 Å². The zero-order valence-corrected chi connectivity index (χ0v) is 12.5. The molecule has 0 amide bonds. The molecule has 0 saturated heterocycles. The highest BCUT2D eigenvalue weighted by Crippen LogP contribution is 2.27. The minimum Gasteiger partial charge on any atom is -0.380 e. The van der Waals surface area contributed by atoms with Gasteiger partial charge in [0, 0.05) is 24.2 Å². The van der Waals surface area contributed by atoms with Crippen molar-refractivity contribution >= 4 is 17.5 Å². The highest BCUT2D eigenvalue weighted by Gasteiger charge is 2.30. The number of thioether (sulfide) groups is 1. The maximum absolute atomic E-state index is 12.0. The Bertz CT molecular complexity index is 218. The zero-order chi connectivity index (χ0) is 12.9. The average molecular weight is 246 g/mol. The van der Waals surface area contributed by atoms with Crippen LogP contribution in [0.3, 0.4) is 0 Å². The first-order valence-corrected chi connectivity index (χ1v) is 7.11. The molecule has 0 rings (SSSR count). The molecule has 0 unspecified atom stereocenters. The largest absolute Gasteiger partial charge is 0.380 e. The van der Waals surface area contributed by atoms with Crippen molar-refractivity contribution in [3.63, 3.8) is 0 Å². The van der Waals surface area contributed by atoms with Crippen molar-refractivity contribution in [3.8, 4) is 0 Å². The fraction of sp³-hybridized carbons (Fsp3) is 0.923. The van der Waals surface area contributed by atoms with Gasteiger partial charge >= 0.3 is 0 Å². The Hall–Kier alpha value is -0.0200. The van der Waals surface area contributed by atoms with Crippen molar-refractivity contribution in [2.45, 2.75) is 52.4 Å². The van der Waals surface area contributed by atoms with Crippen LogP contribution in [0.5, 0.6) is 0 Å². The first-order valence-electron chi connectivity index (χ1n) is 5.83. The zero-order valence-electron chi connectivity index (χ0n) is 11.7. The van der Waals surface area contributed by atoms with Crippen LogP contribution < -0.4 is 0 Å². The smallest absolute Gasteiger partial charge is 0.140 e. The third-order valence-corrected chi connectivity index (χ3v) is 4.21. The van der Waals surface area contributed by atoms with Gasteiger partial charge in [-0.25, -0.2) is 0 Å². The first kappa shape index (κ1) is 16.0. The lowest BCUT2D eigenvalue weighted by Crippen LogP contribution is -2.35. The molecule has 96 valence electrons. The molecule has 0 aromatic heterocycles. The summed E-state index contributed by atoms with van der Waals surface area (Å²) in [4.78, 5) is 12.0. The molecule has 2 nitrogen and oxygen atoms in total. The Morgan fingerprint density at radius 2 is 1.81 bits per heavy atom. The third kappa shape index (κ3) is 4.88. The van der Waals surface area contributed by atoms with E-state index in [4.69, 9.17) is 4.74 Å². The number of methoxy groups -OCH3 is 1. The van der Waals surface area contributed by atoms with Crippen molar-refractivity contribution in [1.29, 1.82) is 0 Å². The summed E-state index contributed by atoms with van der Waals surface area (Å²) in [5.74, 6) is 0.798. The van der Waals surface area contributed by atoms with E-state index in [2.05, 4.69) is 20.1 Å². The molecule has 2 atom stereocenters. The van der Waals surface area contributed by atoms with E-state index in [9.17, 15) is 4.79 Å². The summed E-state index contributed by atoms with van der Waals surface area (Å²) >= 11 is 1.79. The molecule has 16 heavy (non-hydrogen) atoms. The van der Waals surface area contributed by atoms with Crippen LogP contribution in [0, 0.1) is 11.3 Å². The Balaban J connectivity index is 4.57. The maximum atomic E-state index is 12.0. The van der Waals surface area contributed by atoms with E-state index in [0.717, 1.165) is 0 Å². The topological polar surface area (TPSA) is 26.3 Å². The molecule has 0 fully saturated rings. The predicted octanol–water partition coefficient (Wildman–Crippen LogP) is 3.39. The standard InChI is InChI=1S/C13H26O2S/c1-9(2)12(16-7)10(15-6)8-11(14)13(3,4)5/h9-10,12H,8H2,1-7H3/t10-,12-/m1/s1. The molecule has 0 saturated carbocycles. The predicted molar refractivity (Wildman–Crippen MR) is 72.0 cm³/mol. The Kier molecular flexibility index (Phi) is 6.64. The highest BCUT2D eigenvalue weighted by molar-refractivity contribution is 7.99. The van der Waals surface area contributed by atoms with Gasteiger partial charge in [0.25, 0.3) is 0 Å². The van der Waals surface area contributed by atoms with Crippen LogP contribution in [0.4, 0.5) is 0 Å². The van der Waals surface area contributed by atoms with Gasteiger partial charge in [-0.05, 0) is 12.2 Å². The average Bonchev–Trinajstić information content (AvgIpc) is 2.14. The van der Waals surface area contributed by atoms with Crippen molar-refractivity contribution < 1.29 is 9.53 Å². The first-order chi connectivity index (χ1) is 7.23. The second-order valence-electron chi connectivity index (χ2n) is 5.60. The SMILES string of the molecule is CO[C@H](CC(=O)C(C)(C)C)[C@H](SC)C(C)C. The fourth-order valence-corrected chi connectivity index (χ4v) is 2.73. The molecule has 0 spiro atoms. The van der Waals surface area contributed by atoms with E-state index < -0.39 is 0 Å². The van der Waals surface area contributed by atoms with Crippen LogP contribution in [0.2, 0.25) is 0 Å². The van der Waals surface area contributed by atoms with Crippen LogP contribution in [0.15, 0.2) is 0 Å². The number of carbonyl (C=O) groups excluding carboxylic acids is 1. The van der Waals surface area contributed by atoms with Gasteiger partial charge in [-0.2, -0.15) is 11.8 Å².